The van der Waals surface area contributed by atoms with E-state index in [0.717, 1.165) is 11.3 Å². The van der Waals surface area contributed by atoms with Crippen molar-refractivity contribution in [1.82, 2.24) is 0 Å². The Bertz CT molecular complexity index is 604. The summed E-state index contributed by atoms with van der Waals surface area (Å²) in [6.07, 6.45) is 5.34. The number of rotatable bonds is 6. The Balaban J connectivity index is 2.41. The molecule has 2 heteroatoms. The first-order valence-corrected chi connectivity index (χ1v) is 9.22. The molecule has 2 atom stereocenters. The van der Waals surface area contributed by atoms with Crippen LogP contribution in [0.25, 0.3) is 11.1 Å². The second-order valence-electron chi connectivity index (χ2n) is 5.62. The standard InChI is InChI=1S/C19H24OS/c1-4-5-9-15(2)18-14-17(12-13-19(18)21(3)20)16-10-7-6-8-11-16/h6-8,10-15H,4-5,9H2,1-3H3. The van der Waals surface area contributed by atoms with Crippen LogP contribution in [0.3, 0.4) is 0 Å². The lowest BCUT2D eigenvalue weighted by Crippen LogP contribution is -2.01. The lowest BCUT2D eigenvalue weighted by atomic mass is 9.92. The van der Waals surface area contributed by atoms with Gasteiger partial charge in [-0.25, -0.2) is 0 Å². The molecule has 0 saturated carbocycles. The average Bonchev–Trinajstić information content (AvgIpc) is 2.52. The van der Waals surface area contributed by atoms with Crippen LogP contribution < -0.4 is 0 Å². The Morgan fingerprint density at radius 1 is 1.05 bits per heavy atom. The third-order valence-electron chi connectivity index (χ3n) is 3.95. The molecular formula is C19H24OS. The number of hydrogen-bond acceptors (Lipinski definition) is 1. The predicted molar refractivity (Wildman–Crippen MR) is 92.2 cm³/mol. The van der Waals surface area contributed by atoms with Crippen LogP contribution in [0.2, 0.25) is 0 Å². The molecule has 0 saturated heterocycles. The van der Waals surface area contributed by atoms with Gasteiger partial charge in [-0.2, -0.15) is 0 Å². The fraction of sp³-hybridized carbons (Fsp3) is 0.368. The maximum atomic E-state index is 12.0. The number of hydrogen-bond donors (Lipinski definition) is 0. The molecule has 1 nitrogen and oxygen atoms in total. The van der Waals surface area contributed by atoms with E-state index in [0.29, 0.717) is 5.92 Å². The summed E-state index contributed by atoms with van der Waals surface area (Å²) in [5.41, 5.74) is 3.67. The van der Waals surface area contributed by atoms with Crippen LogP contribution in [0.1, 0.15) is 44.6 Å². The van der Waals surface area contributed by atoms with Crippen LogP contribution in [-0.4, -0.2) is 10.5 Å². The summed E-state index contributed by atoms with van der Waals surface area (Å²) in [4.78, 5) is 0.985. The van der Waals surface area contributed by atoms with Crippen LogP contribution in [0.4, 0.5) is 0 Å². The molecule has 2 rings (SSSR count). The third-order valence-corrected chi connectivity index (χ3v) is 4.94. The molecule has 0 bridgehead atoms. The number of unbranched alkanes of at least 4 members (excludes halogenated alkanes) is 1. The van der Waals surface area contributed by atoms with E-state index in [4.69, 9.17) is 0 Å². The van der Waals surface area contributed by atoms with Gasteiger partial charge in [-0.05, 0) is 41.2 Å². The van der Waals surface area contributed by atoms with Gasteiger partial charge in [0.25, 0.3) is 0 Å². The Morgan fingerprint density at radius 3 is 2.38 bits per heavy atom. The molecule has 0 aliphatic heterocycles. The van der Waals surface area contributed by atoms with Crippen molar-refractivity contribution in [3.63, 3.8) is 0 Å². The van der Waals surface area contributed by atoms with Crippen molar-refractivity contribution >= 4 is 10.8 Å². The summed E-state index contributed by atoms with van der Waals surface area (Å²) >= 11 is 0. The van der Waals surface area contributed by atoms with E-state index < -0.39 is 10.8 Å². The second kappa shape index (κ2) is 7.56. The highest BCUT2D eigenvalue weighted by molar-refractivity contribution is 7.84. The molecule has 0 aliphatic rings. The molecule has 112 valence electrons. The highest BCUT2D eigenvalue weighted by Gasteiger charge is 2.14. The lowest BCUT2D eigenvalue weighted by molar-refractivity contribution is 0.615. The third kappa shape index (κ3) is 4.04. The first-order valence-electron chi connectivity index (χ1n) is 7.66. The van der Waals surface area contributed by atoms with Crippen molar-refractivity contribution in [2.75, 3.05) is 6.26 Å². The summed E-state index contributed by atoms with van der Waals surface area (Å²) in [6.45, 7) is 4.46. The zero-order valence-electron chi connectivity index (χ0n) is 13.1. The van der Waals surface area contributed by atoms with Crippen molar-refractivity contribution in [1.29, 1.82) is 0 Å². The largest absolute Gasteiger partial charge is 0.255 e. The minimum absolute atomic E-state index is 0.451. The van der Waals surface area contributed by atoms with Crippen LogP contribution in [0, 0.1) is 0 Å². The minimum Gasteiger partial charge on any atom is -0.255 e. The molecular weight excluding hydrogens is 276 g/mol. The Hall–Kier alpha value is -1.41. The van der Waals surface area contributed by atoms with Gasteiger partial charge in [-0.3, -0.25) is 4.21 Å². The van der Waals surface area contributed by atoms with Gasteiger partial charge in [0.05, 0.1) is 10.8 Å². The van der Waals surface area contributed by atoms with E-state index in [2.05, 4.69) is 50.2 Å². The minimum atomic E-state index is -0.931. The molecule has 0 aliphatic carbocycles. The van der Waals surface area contributed by atoms with Gasteiger partial charge in [0.1, 0.15) is 0 Å². The van der Waals surface area contributed by atoms with Crippen molar-refractivity contribution in [2.45, 2.75) is 43.9 Å². The fourth-order valence-electron chi connectivity index (χ4n) is 2.67. The monoisotopic (exact) mass is 300 g/mol. The van der Waals surface area contributed by atoms with Crippen LogP contribution in [0.5, 0.6) is 0 Å². The normalized spacial score (nSPS) is 13.9. The zero-order chi connectivity index (χ0) is 15.2. The predicted octanol–water partition coefficient (Wildman–Crippen LogP) is 5.38. The van der Waals surface area contributed by atoms with E-state index in [9.17, 15) is 4.21 Å². The molecule has 21 heavy (non-hydrogen) atoms. The summed E-state index contributed by atoms with van der Waals surface area (Å²) < 4.78 is 12.0. The molecule has 2 aromatic rings. The van der Waals surface area contributed by atoms with Crippen molar-refractivity contribution in [3.8, 4) is 11.1 Å². The summed E-state index contributed by atoms with van der Waals surface area (Å²) in [5, 5.41) is 0. The smallest absolute Gasteiger partial charge is 0.0501 e. The lowest BCUT2D eigenvalue weighted by Gasteiger charge is -2.17. The quantitative estimate of drug-likeness (QED) is 0.699. The van der Waals surface area contributed by atoms with Crippen LogP contribution in [-0.2, 0) is 10.8 Å². The second-order valence-corrected chi connectivity index (χ2v) is 6.96. The maximum absolute atomic E-state index is 12.0. The molecule has 0 N–H and O–H groups in total. The number of benzene rings is 2. The van der Waals surface area contributed by atoms with Gasteiger partial charge >= 0.3 is 0 Å². The topological polar surface area (TPSA) is 17.1 Å². The summed E-state index contributed by atoms with van der Waals surface area (Å²) in [5.74, 6) is 0.451. The van der Waals surface area contributed by atoms with E-state index in [1.54, 1.807) is 6.26 Å². The van der Waals surface area contributed by atoms with E-state index in [-0.39, 0.29) is 0 Å². The van der Waals surface area contributed by atoms with E-state index >= 15 is 0 Å². The van der Waals surface area contributed by atoms with Gasteiger partial charge in [-0.1, -0.05) is 63.1 Å². The molecule has 0 aromatic heterocycles. The molecule has 0 spiro atoms. The summed E-state index contributed by atoms with van der Waals surface area (Å²) in [6, 6.07) is 16.7. The van der Waals surface area contributed by atoms with E-state index in [1.165, 1.54) is 29.5 Å². The maximum Gasteiger partial charge on any atom is 0.0501 e. The van der Waals surface area contributed by atoms with Crippen molar-refractivity contribution < 1.29 is 4.21 Å². The Kier molecular flexibility index (Phi) is 5.75. The Labute approximate surface area is 130 Å². The van der Waals surface area contributed by atoms with Crippen molar-refractivity contribution in [3.05, 3.63) is 54.1 Å². The van der Waals surface area contributed by atoms with Crippen LogP contribution >= 0.6 is 0 Å². The van der Waals surface area contributed by atoms with Gasteiger partial charge in [0.15, 0.2) is 0 Å². The molecule has 0 fully saturated rings. The molecule has 2 unspecified atom stereocenters. The Morgan fingerprint density at radius 2 is 1.76 bits per heavy atom. The molecule has 0 radical (unpaired) electrons. The zero-order valence-corrected chi connectivity index (χ0v) is 14.0. The fourth-order valence-corrected chi connectivity index (χ4v) is 3.52. The van der Waals surface area contributed by atoms with Gasteiger partial charge < -0.3 is 0 Å². The SMILES string of the molecule is CCCCC(C)c1cc(-c2ccccc2)ccc1S(C)=O. The van der Waals surface area contributed by atoms with Gasteiger partial charge in [0.2, 0.25) is 0 Å². The highest BCUT2D eigenvalue weighted by Crippen LogP contribution is 2.31. The highest BCUT2D eigenvalue weighted by atomic mass is 32.2. The average molecular weight is 300 g/mol. The molecule has 2 aromatic carbocycles. The van der Waals surface area contributed by atoms with Gasteiger partial charge in [-0.15, -0.1) is 0 Å². The molecule has 0 heterocycles. The summed E-state index contributed by atoms with van der Waals surface area (Å²) in [7, 11) is -0.931. The first kappa shape index (κ1) is 16.0. The van der Waals surface area contributed by atoms with Crippen LogP contribution in [0.15, 0.2) is 53.4 Å². The van der Waals surface area contributed by atoms with Gasteiger partial charge in [0, 0.05) is 11.2 Å². The molecule has 0 amide bonds. The van der Waals surface area contributed by atoms with Crippen molar-refractivity contribution in [2.24, 2.45) is 0 Å². The first-order chi connectivity index (χ1) is 10.1. The van der Waals surface area contributed by atoms with E-state index in [1.807, 2.05) is 12.1 Å².